The largest absolute Gasteiger partial charge is 0.382 e. The molecular weight excluding hydrogens is 266 g/mol. The molecule has 0 heterocycles. The minimum atomic E-state index is 0.204. The summed E-state index contributed by atoms with van der Waals surface area (Å²) in [6.45, 7) is 5.50. The van der Waals surface area contributed by atoms with Crippen LogP contribution in [0.4, 0.5) is 0 Å². The highest BCUT2D eigenvalue weighted by molar-refractivity contribution is 4.97. The van der Waals surface area contributed by atoms with Crippen LogP contribution in [0.3, 0.4) is 0 Å². The molecule has 2 aliphatic rings. The molecule has 0 aliphatic heterocycles. The molecule has 2 fully saturated rings. The zero-order valence-corrected chi connectivity index (χ0v) is 13.8. The highest BCUT2D eigenvalue weighted by atomic mass is 16.6. The van der Waals surface area contributed by atoms with Crippen LogP contribution in [0.15, 0.2) is 0 Å². The lowest BCUT2D eigenvalue weighted by Crippen LogP contribution is -2.60. The van der Waals surface area contributed by atoms with E-state index in [1.54, 1.807) is 7.11 Å². The van der Waals surface area contributed by atoms with Gasteiger partial charge in [0.1, 0.15) is 0 Å². The van der Waals surface area contributed by atoms with Crippen molar-refractivity contribution in [3.05, 3.63) is 0 Å². The molecule has 0 aromatic heterocycles. The zero-order chi connectivity index (χ0) is 14.9. The molecule has 0 aromatic rings. The molecule has 3 unspecified atom stereocenters. The minimum absolute atomic E-state index is 0.204. The van der Waals surface area contributed by atoms with Gasteiger partial charge in [0.25, 0.3) is 0 Å². The lowest BCUT2D eigenvalue weighted by Gasteiger charge is -2.45. The summed E-state index contributed by atoms with van der Waals surface area (Å²) in [5.41, 5.74) is 0. The van der Waals surface area contributed by atoms with Crippen molar-refractivity contribution < 1.29 is 14.2 Å². The van der Waals surface area contributed by atoms with E-state index in [0.717, 1.165) is 31.9 Å². The molecule has 0 aromatic carbocycles. The van der Waals surface area contributed by atoms with Crippen molar-refractivity contribution >= 4 is 0 Å². The van der Waals surface area contributed by atoms with Gasteiger partial charge in [-0.15, -0.1) is 0 Å². The third kappa shape index (κ3) is 5.51. The molecule has 4 heteroatoms. The van der Waals surface area contributed by atoms with Gasteiger partial charge in [-0.1, -0.05) is 26.2 Å². The van der Waals surface area contributed by atoms with Crippen molar-refractivity contribution in [3.8, 4) is 0 Å². The molecule has 4 nitrogen and oxygen atoms in total. The average molecular weight is 299 g/mol. The predicted octanol–water partition coefficient (Wildman–Crippen LogP) is 2.76. The fraction of sp³-hybridized carbons (Fsp3) is 1.00. The number of rotatable bonds is 10. The Bertz CT molecular complexity index is 269. The fourth-order valence-electron chi connectivity index (χ4n) is 3.38. The van der Waals surface area contributed by atoms with Gasteiger partial charge in [-0.25, -0.2) is 0 Å². The molecule has 124 valence electrons. The Hall–Kier alpha value is -0.160. The number of methoxy groups -OCH3 is 1. The Morgan fingerprint density at radius 3 is 2.57 bits per heavy atom. The average Bonchev–Trinajstić information content (AvgIpc) is 2.51. The van der Waals surface area contributed by atoms with Crippen molar-refractivity contribution in [3.63, 3.8) is 0 Å². The third-order valence-electron chi connectivity index (χ3n) is 4.77. The van der Waals surface area contributed by atoms with E-state index in [-0.39, 0.29) is 12.2 Å². The monoisotopic (exact) mass is 299 g/mol. The Morgan fingerprint density at radius 1 is 1.05 bits per heavy atom. The summed E-state index contributed by atoms with van der Waals surface area (Å²) in [4.78, 5) is 0. The Balaban J connectivity index is 1.69. The van der Waals surface area contributed by atoms with Gasteiger partial charge in [0.05, 0.1) is 25.4 Å². The Morgan fingerprint density at radius 2 is 1.86 bits per heavy atom. The van der Waals surface area contributed by atoms with Gasteiger partial charge >= 0.3 is 0 Å². The van der Waals surface area contributed by atoms with Crippen LogP contribution >= 0.6 is 0 Å². The van der Waals surface area contributed by atoms with E-state index in [1.165, 1.54) is 32.1 Å². The molecule has 21 heavy (non-hydrogen) atoms. The molecule has 0 bridgehead atoms. The molecule has 0 spiro atoms. The first-order chi connectivity index (χ1) is 10.3. The predicted molar refractivity (Wildman–Crippen MR) is 84.6 cm³/mol. The molecule has 0 radical (unpaired) electrons. The van der Waals surface area contributed by atoms with Gasteiger partial charge in [-0.2, -0.15) is 0 Å². The maximum atomic E-state index is 6.17. The molecule has 2 rings (SSSR count). The first kappa shape index (κ1) is 17.2. The van der Waals surface area contributed by atoms with Crippen molar-refractivity contribution in [1.82, 2.24) is 5.32 Å². The first-order valence-electron chi connectivity index (χ1n) is 8.80. The summed E-state index contributed by atoms with van der Waals surface area (Å²) in [5, 5.41) is 3.57. The van der Waals surface area contributed by atoms with Crippen LogP contribution < -0.4 is 5.32 Å². The molecule has 2 aliphatic carbocycles. The summed E-state index contributed by atoms with van der Waals surface area (Å²) in [6.07, 6.45) is 9.60. The van der Waals surface area contributed by atoms with Gasteiger partial charge < -0.3 is 19.5 Å². The lowest BCUT2D eigenvalue weighted by atomic mass is 9.84. The van der Waals surface area contributed by atoms with Crippen LogP contribution in [-0.2, 0) is 14.2 Å². The third-order valence-corrected chi connectivity index (χ3v) is 4.77. The quantitative estimate of drug-likeness (QED) is 0.630. The second kappa shape index (κ2) is 9.78. The molecule has 3 atom stereocenters. The molecule has 0 saturated heterocycles. The Kier molecular flexibility index (Phi) is 8.01. The Labute approximate surface area is 129 Å². The van der Waals surface area contributed by atoms with Gasteiger partial charge in [-0.3, -0.25) is 0 Å². The molecule has 1 N–H and O–H groups in total. The van der Waals surface area contributed by atoms with Crippen LogP contribution in [0.1, 0.15) is 51.9 Å². The van der Waals surface area contributed by atoms with E-state index in [1.807, 2.05) is 0 Å². The second-order valence-corrected chi connectivity index (χ2v) is 6.50. The molecule has 2 saturated carbocycles. The van der Waals surface area contributed by atoms with Gasteiger partial charge in [0.15, 0.2) is 0 Å². The van der Waals surface area contributed by atoms with Crippen LogP contribution in [0, 0.1) is 5.92 Å². The maximum Gasteiger partial charge on any atom is 0.0991 e. The van der Waals surface area contributed by atoms with Gasteiger partial charge in [0, 0.05) is 19.8 Å². The number of hydrogen-bond acceptors (Lipinski definition) is 4. The first-order valence-corrected chi connectivity index (χ1v) is 8.80. The topological polar surface area (TPSA) is 39.7 Å². The second-order valence-electron chi connectivity index (χ2n) is 6.50. The van der Waals surface area contributed by atoms with Crippen LogP contribution in [0.5, 0.6) is 0 Å². The van der Waals surface area contributed by atoms with E-state index in [0.29, 0.717) is 19.3 Å². The summed E-state index contributed by atoms with van der Waals surface area (Å²) < 4.78 is 17.2. The summed E-state index contributed by atoms with van der Waals surface area (Å²) >= 11 is 0. The van der Waals surface area contributed by atoms with Gasteiger partial charge in [0.2, 0.25) is 0 Å². The van der Waals surface area contributed by atoms with E-state index < -0.39 is 0 Å². The van der Waals surface area contributed by atoms with Crippen LogP contribution in [0.25, 0.3) is 0 Å². The van der Waals surface area contributed by atoms with Crippen LogP contribution in [0.2, 0.25) is 0 Å². The normalized spacial score (nSPS) is 30.3. The van der Waals surface area contributed by atoms with E-state index >= 15 is 0 Å². The fourth-order valence-corrected chi connectivity index (χ4v) is 3.38. The SMILES string of the molecule is CCCNC1CC(OCC2CCCCC2)C1OCCOC. The number of nitrogens with one attached hydrogen (secondary N) is 1. The molecule has 0 amide bonds. The summed E-state index contributed by atoms with van der Waals surface area (Å²) in [5.74, 6) is 0.779. The van der Waals surface area contributed by atoms with Crippen molar-refractivity contribution in [2.75, 3.05) is 33.5 Å². The molecular formula is C17H33NO3. The highest BCUT2D eigenvalue weighted by Crippen LogP contribution is 2.30. The van der Waals surface area contributed by atoms with E-state index in [2.05, 4.69) is 12.2 Å². The standard InChI is InChI=1S/C17H33NO3/c1-3-9-18-15-12-16(17(15)20-11-10-19-2)21-13-14-7-5-4-6-8-14/h14-18H,3-13H2,1-2H3. The maximum absolute atomic E-state index is 6.17. The number of ether oxygens (including phenoxy) is 3. The van der Waals surface area contributed by atoms with E-state index in [4.69, 9.17) is 14.2 Å². The number of hydrogen-bond donors (Lipinski definition) is 1. The highest BCUT2D eigenvalue weighted by Gasteiger charge is 2.42. The van der Waals surface area contributed by atoms with Gasteiger partial charge in [-0.05, 0) is 38.1 Å². The van der Waals surface area contributed by atoms with Crippen molar-refractivity contribution in [2.24, 2.45) is 5.92 Å². The summed E-state index contributed by atoms with van der Waals surface area (Å²) in [7, 11) is 1.72. The minimum Gasteiger partial charge on any atom is -0.382 e. The summed E-state index contributed by atoms with van der Waals surface area (Å²) in [6, 6.07) is 0.457. The zero-order valence-electron chi connectivity index (χ0n) is 13.8. The van der Waals surface area contributed by atoms with E-state index in [9.17, 15) is 0 Å². The van der Waals surface area contributed by atoms with Crippen molar-refractivity contribution in [1.29, 1.82) is 0 Å². The smallest absolute Gasteiger partial charge is 0.0991 e. The lowest BCUT2D eigenvalue weighted by molar-refractivity contribution is -0.158. The van der Waals surface area contributed by atoms with Crippen LogP contribution in [-0.4, -0.2) is 51.7 Å². The van der Waals surface area contributed by atoms with Crippen molar-refractivity contribution in [2.45, 2.75) is 70.1 Å².